The van der Waals surface area contributed by atoms with Crippen LogP contribution in [0.3, 0.4) is 0 Å². The van der Waals surface area contributed by atoms with Crippen LogP contribution in [0.2, 0.25) is 0 Å². The first-order valence-electron chi connectivity index (χ1n) is 6.30. The highest BCUT2D eigenvalue weighted by molar-refractivity contribution is 5.66. The van der Waals surface area contributed by atoms with E-state index in [0.717, 1.165) is 31.9 Å². The van der Waals surface area contributed by atoms with Gasteiger partial charge in [-0.25, -0.2) is 0 Å². The minimum Gasteiger partial charge on any atom is -0.493 e. The van der Waals surface area contributed by atoms with Gasteiger partial charge in [0.15, 0.2) is 0 Å². The van der Waals surface area contributed by atoms with Gasteiger partial charge in [0.2, 0.25) is 0 Å². The number of carboxylic acid groups (broad SMARTS) is 1. The molecule has 0 unspecified atom stereocenters. The minimum absolute atomic E-state index is 0.238. The fourth-order valence-corrected chi connectivity index (χ4v) is 2.23. The van der Waals surface area contributed by atoms with Crippen molar-refractivity contribution >= 4 is 5.97 Å². The lowest BCUT2D eigenvalue weighted by Crippen LogP contribution is -2.19. The highest BCUT2D eigenvalue weighted by Gasteiger charge is 2.12. The highest BCUT2D eigenvalue weighted by Crippen LogP contribution is 2.26. The summed E-state index contributed by atoms with van der Waals surface area (Å²) in [5.74, 6) is 0.283. The van der Waals surface area contributed by atoms with Crippen LogP contribution in [0, 0.1) is 0 Å². The lowest BCUT2D eigenvalue weighted by atomic mass is 10.1. The fourth-order valence-electron chi connectivity index (χ4n) is 2.23. The van der Waals surface area contributed by atoms with Crippen molar-refractivity contribution < 1.29 is 14.6 Å². The van der Waals surface area contributed by atoms with Crippen molar-refractivity contribution in [3.05, 3.63) is 29.3 Å². The number of carboxylic acids is 1. The Balaban J connectivity index is 1.83. The number of hydrogen-bond donors (Lipinski definition) is 1. The number of rotatable bonds is 6. The Labute approximate surface area is 107 Å². The van der Waals surface area contributed by atoms with Gasteiger partial charge in [-0.05, 0) is 37.2 Å². The molecule has 0 atom stereocenters. The van der Waals surface area contributed by atoms with Gasteiger partial charge in [0.05, 0.1) is 6.61 Å². The Bertz CT molecular complexity index is 431. The molecule has 0 spiro atoms. The van der Waals surface area contributed by atoms with E-state index in [0.29, 0.717) is 6.42 Å². The zero-order valence-corrected chi connectivity index (χ0v) is 10.7. The molecule has 0 bridgehead atoms. The Morgan fingerprint density at radius 2 is 2.33 bits per heavy atom. The summed E-state index contributed by atoms with van der Waals surface area (Å²) < 4.78 is 5.47. The average Bonchev–Trinajstić information content (AvgIpc) is 2.75. The van der Waals surface area contributed by atoms with Crippen LogP contribution in [0.5, 0.6) is 5.75 Å². The van der Waals surface area contributed by atoms with Gasteiger partial charge in [-0.2, -0.15) is 0 Å². The predicted molar refractivity (Wildman–Crippen MR) is 68.8 cm³/mol. The lowest BCUT2D eigenvalue weighted by molar-refractivity contribution is -0.137. The smallest absolute Gasteiger partial charge is 0.303 e. The van der Waals surface area contributed by atoms with E-state index in [1.165, 1.54) is 11.1 Å². The number of benzene rings is 1. The van der Waals surface area contributed by atoms with Crippen molar-refractivity contribution in [1.82, 2.24) is 4.90 Å². The molecule has 1 aromatic rings. The molecule has 1 N–H and O–H groups in total. The molecule has 0 amide bonds. The number of ether oxygens (including phenoxy) is 1. The quantitative estimate of drug-likeness (QED) is 0.836. The van der Waals surface area contributed by atoms with Gasteiger partial charge in [-0.1, -0.05) is 12.1 Å². The molecule has 4 nitrogen and oxygen atoms in total. The number of hydrogen-bond acceptors (Lipinski definition) is 3. The van der Waals surface area contributed by atoms with Crippen molar-refractivity contribution in [3.8, 4) is 5.75 Å². The number of aliphatic carboxylic acids is 1. The molecule has 1 aromatic carbocycles. The van der Waals surface area contributed by atoms with Gasteiger partial charge >= 0.3 is 5.97 Å². The Morgan fingerprint density at radius 1 is 1.50 bits per heavy atom. The molecular formula is C14H19NO3. The third-order valence-electron chi connectivity index (χ3n) is 3.14. The molecule has 1 aliphatic heterocycles. The monoisotopic (exact) mass is 249 g/mol. The molecule has 4 heteroatoms. The zero-order chi connectivity index (χ0) is 13.0. The molecule has 0 saturated heterocycles. The Hall–Kier alpha value is -1.55. The van der Waals surface area contributed by atoms with Crippen LogP contribution in [0.25, 0.3) is 0 Å². The summed E-state index contributed by atoms with van der Waals surface area (Å²) in [4.78, 5) is 12.6. The number of fused-ring (bicyclic) bond motifs is 1. The second-order valence-electron chi connectivity index (χ2n) is 4.78. The van der Waals surface area contributed by atoms with Gasteiger partial charge in [0, 0.05) is 19.4 Å². The Morgan fingerprint density at radius 3 is 3.11 bits per heavy atom. The van der Waals surface area contributed by atoms with Crippen LogP contribution in [0.4, 0.5) is 0 Å². The first-order valence-corrected chi connectivity index (χ1v) is 6.30. The summed E-state index contributed by atoms with van der Waals surface area (Å²) in [7, 11) is 2.02. The van der Waals surface area contributed by atoms with Crippen molar-refractivity contribution in [2.24, 2.45) is 0 Å². The van der Waals surface area contributed by atoms with E-state index >= 15 is 0 Å². The summed E-state index contributed by atoms with van der Waals surface area (Å²) in [5.41, 5.74) is 2.54. The van der Waals surface area contributed by atoms with Crippen molar-refractivity contribution in [3.63, 3.8) is 0 Å². The molecule has 0 radical (unpaired) electrons. The van der Waals surface area contributed by atoms with Crippen molar-refractivity contribution in [1.29, 1.82) is 0 Å². The van der Waals surface area contributed by atoms with Crippen molar-refractivity contribution in [2.75, 3.05) is 20.2 Å². The molecule has 1 aliphatic rings. The lowest BCUT2D eigenvalue weighted by Gasteiger charge is -2.16. The maximum Gasteiger partial charge on any atom is 0.303 e. The van der Waals surface area contributed by atoms with Gasteiger partial charge in [-0.3, -0.25) is 4.79 Å². The van der Waals surface area contributed by atoms with E-state index < -0.39 is 5.97 Å². The predicted octanol–water partition coefficient (Wildman–Crippen LogP) is 1.92. The largest absolute Gasteiger partial charge is 0.493 e. The normalized spacial score (nSPS) is 13.4. The average molecular weight is 249 g/mol. The molecule has 0 saturated carbocycles. The van der Waals surface area contributed by atoms with E-state index in [2.05, 4.69) is 17.0 Å². The summed E-state index contributed by atoms with van der Waals surface area (Å²) in [6, 6.07) is 6.30. The standard InChI is InChI=1S/C14H19NO3/c1-15(7-2-3-14(16)17)10-11-4-5-13-12(9-11)6-8-18-13/h4-5,9H,2-3,6-8,10H2,1H3,(H,16,17). The van der Waals surface area contributed by atoms with Gasteiger partial charge in [-0.15, -0.1) is 0 Å². The number of carbonyl (C=O) groups is 1. The number of nitrogens with zero attached hydrogens (tertiary/aromatic N) is 1. The van der Waals surface area contributed by atoms with Crippen LogP contribution in [0.1, 0.15) is 24.0 Å². The van der Waals surface area contributed by atoms with E-state index in [1.807, 2.05) is 13.1 Å². The molecule has 0 aromatic heterocycles. The van der Waals surface area contributed by atoms with E-state index in [4.69, 9.17) is 9.84 Å². The molecular weight excluding hydrogens is 230 g/mol. The summed E-state index contributed by atoms with van der Waals surface area (Å²) in [6.45, 7) is 2.44. The molecule has 0 fully saturated rings. The van der Waals surface area contributed by atoms with Crippen LogP contribution < -0.4 is 4.74 Å². The fraction of sp³-hybridized carbons (Fsp3) is 0.500. The second kappa shape index (κ2) is 5.87. The first-order chi connectivity index (χ1) is 8.65. The SMILES string of the molecule is CN(CCCC(=O)O)Cc1ccc2c(c1)CCO2. The van der Waals surface area contributed by atoms with Crippen LogP contribution in [-0.4, -0.2) is 36.2 Å². The van der Waals surface area contributed by atoms with Crippen molar-refractivity contribution in [2.45, 2.75) is 25.8 Å². The van der Waals surface area contributed by atoms with E-state index in [1.54, 1.807) is 0 Å². The van der Waals surface area contributed by atoms with Gasteiger partial charge < -0.3 is 14.7 Å². The van der Waals surface area contributed by atoms with Crippen LogP contribution >= 0.6 is 0 Å². The molecule has 0 aliphatic carbocycles. The third-order valence-corrected chi connectivity index (χ3v) is 3.14. The first kappa shape index (κ1) is 12.9. The summed E-state index contributed by atoms with van der Waals surface area (Å²) >= 11 is 0. The third kappa shape index (κ3) is 3.47. The van der Waals surface area contributed by atoms with Gasteiger partial charge in [0.1, 0.15) is 5.75 Å². The molecule has 18 heavy (non-hydrogen) atoms. The zero-order valence-electron chi connectivity index (χ0n) is 10.7. The molecule has 98 valence electrons. The Kier molecular flexibility index (Phi) is 4.20. The second-order valence-corrected chi connectivity index (χ2v) is 4.78. The minimum atomic E-state index is -0.724. The van der Waals surface area contributed by atoms with Gasteiger partial charge in [0.25, 0.3) is 0 Å². The van der Waals surface area contributed by atoms with E-state index in [9.17, 15) is 4.79 Å². The topological polar surface area (TPSA) is 49.8 Å². The maximum atomic E-state index is 10.4. The molecule has 1 heterocycles. The highest BCUT2D eigenvalue weighted by atomic mass is 16.5. The maximum absolute atomic E-state index is 10.4. The summed E-state index contributed by atoms with van der Waals surface area (Å²) in [6.07, 6.45) is 1.92. The van der Waals surface area contributed by atoms with Crippen LogP contribution in [0.15, 0.2) is 18.2 Å². The summed E-state index contributed by atoms with van der Waals surface area (Å²) in [5, 5.41) is 8.59. The molecule has 2 rings (SSSR count). The van der Waals surface area contributed by atoms with Crippen LogP contribution in [-0.2, 0) is 17.8 Å². The van der Waals surface area contributed by atoms with E-state index in [-0.39, 0.29) is 6.42 Å².